The van der Waals surface area contributed by atoms with E-state index in [0.717, 1.165) is 0 Å². The molecule has 36 heavy (non-hydrogen) atoms. The van der Waals surface area contributed by atoms with Crippen molar-refractivity contribution in [3.05, 3.63) is 36.5 Å². The number of carbonyl (C=O) groups is 2. The number of alkyl carbamates (subject to hydrolysis) is 1. The van der Waals surface area contributed by atoms with E-state index in [1.165, 1.54) is 31.3 Å². The number of hydrogen-bond donors (Lipinski definition) is 2. The molecule has 8 nitrogen and oxygen atoms in total. The molecule has 0 saturated heterocycles. The van der Waals surface area contributed by atoms with Gasteiger partial charge in [-0.15, -0.1) is 13.2 Å². The lowest BCUT2D eigenvalue weighted by Crippen LogP contribution is -2.42. The summed E-state index contributed by atoms with van der Waals surface area (Å²) in [5.74, 6) is -0.597. The van der Waals surface area contributed by atoms with Gasteiger partial charge in [0.05, 0.1) is 6.04 Å². The molecule has 2 aromatic rings. The molecule has 0 bridgehead atoms. The third-order valence-electron chi connectivity index (χ3n) is 4.48. The smallest absolute Gasteiger partial charge is 0.488 e. The predicted octanol–water partition coefficient (Wildman–Crippen LogP) is 5.92. The molecule has 1 aromatic heterocycles. The summed E-state index contributed by atoms with van der Waals surface area (Å²) >= 11 is 0. The molecule has 2 N–H and O–H groups in total. The first-order valence-corrected chi connectivity index (χ1v) is 11.4. The molecule has 11 heteroatoms. The highest BCUT2D eigenvalue weighted by Gasteiger charge is 2.33. The maximum Gasteiger partial charge on any atom is 0.573 e. The minimum Gasteiger partial charge on any atom is -0.488 e. The van der Waals surface area contributed by atoms with Crippen LogP contribution < -0.4 is 20.1 Å². The molecular weight excluding hydrogens is 479 g/mol. The summed E-state index contributed by atoms with van der Waals surface area (Å²) in [6.45, 7) is 10.3. The van der Waals surface area contributed by atoms with Crippen LogP contribution in [-0.2, 0) is 9.53 Å². The lowest BCUT2D eigenvalue weighted by molar-refractivity contribution is -0.275. The first-order chi connectivity index (χ1) is 16.6. The van der Waals surface area contributed by atoms with Crippen molar-refractivity contribution >= 4 is 17.8 Å². The van der Waals surface area contributed by atoms with Crippen LogP contribution in [0.25, 0.3) is 11.1 Å². The van der Waals surface area contributed by atoms with E-state index in [1.54, 1.807) is 32.9 Å². The van der Waals surface area contributed by atoms with Crippen LogP contribution in [0.3, 0.4) is 0 Å². The lowest BCUT2D eigenvalue weighted by atomic mass is 10.0. The zero-order chi connectivity index (χ0) is 27.1. The van der Waals surface area contributed by atoms with Gasteiger partial charge in [-0.1, -0.05) is 19.9 Å². The molecule has 1 atom stereocenters. The van der Waals surface area contributed by atoms with E-state index in [0.29, 0.717) is 17.5 Å². The molecule has 2 rings (SSSR count). The number of ether oxygens (including phenoxy) is 3. The monoisotopic (exact) mass is 511 g/mol. The van der Waals surface area contributed by atoms with E-state index in [9.17, 15) is 22.8 Å². The highest BCUT2D eigenvalue weighted by Crippen LogP contribution is 2.36. The number of amides is 2. The Morgan fingerprint density at radius 2 is 1.69 bits per heavy atom. The number of halogens is 3. The minimum atomic E-state index is -4.96. The van der Waals surface area contributed by atoms with Gasteiger partial charge in [-0.2, -0.15) is 0 Å². The Balaban J connectivity index is 2.28. The Morgan fingerprint density at radius 1 is 1.03 bits per heavy atom. The third kappa shape index (κ3) is 10.4. The molecule has 2 amide bonds. The number of nitrogens with zero attached hydrogens (tertiary/aromatic N) is 1. The van der Waals surface area contributed by atoms with E-state index in [4.69, 9.17) is 9.47 Å². The number of benzene rings is 1. The quantitative estimate of drug-likeness (QED) is 0.433. The van der Waals surface area contributed by atoms with Crippen LogP contribution >= 0.6 is 0 Å². The average molecular weight is 512 g/mol. The molecule has 1 heterocycles. The van der Waals surface area contributed by atoms with Crippen molar-refractivity contribution in [3.8, 4) is 22.6 Å². The van der Waals surface area contributed by atoms with Crippen LogP contribution in [0.5, 0.6) is 11.5 Å². The summed E-state index contributed by atoms with van der Waals surface area (Å²) in [5, 5.41) is 5.24. The summed E-state index contributed by atoms with van der Waals surface area (Å²) in [5.41, 5.74) is 0.196. The molecular formula is C25H32F3N3O5. The lowest BCUT2D eigenvalue weighted by Gasteiger charge is -2.25. The first-order valence-electron chi connectivity index (χ1n) is 11.4. The Kier molecular flexibility index (Phi) is 9.55. The Bertz CT molecular complexity index is 1050. The van der Waals surface area contributed by atoms with Crippen LogP contribution in [0, 0.1) is 5.92 Å². The second kappa shape index (κ2) is 12.0. The van der Waals surface area contributed by atoms with Crippen LogP contribution in [0.1, 0.15) is 48.0 Å². The number of hydrogen-bond acceptors (Lipinski definition) is 6. The molecule has 0 aliphatic rings. The van der Waals surface area contributed by atoms with Gasteiger partial charge in [0.25, 0.3) is 0 Å². The minimum absolute atomic E-state index is 0.104. The van der Waals surface area contributed by atoms with Crippen molar-refractivity contribution in [2.45, 2.75) is 66.0 Å². The van der Waals surface area contributed by atoms with Crippen LogP contribution in [-0.4, -0.2) is 41.6 Å². The summed E-state index contributed by atoms with van der Waals surface area (Å²) in [7, 11) is 0. The van der Waals surface area contributed by atoms with E-state index in [-0.39, 0.29) is 30.0 Å². The van der Waals surface area contributed by atoms with Gasteiger partial charge in [0, 0.05) is 13.1 Å². The van der Waals surface area contributed by atoms with Crippen LogP contribution in [0.2, 0.25) is 0 Å². The Labute approximate surface area is 208 Å². The fourth-order valence-electron chi connectivity index (χ4n) is 3.27. The van der Waals surface area contributed by atoms with E-state index in [2.05, 4.69) is 20.4 Å². The van der Waals surface area contributed by atoms with Gasteiger partial charge in [-0.25, -0.2) is 9.78 Å². The van der Waals surface area contributed by atoms with Gasteiger partial charge in [0.2, 0.25) is 5.91 Å². The summed E-state index contributed by atoms with van der Waals surface area (Å²) in [6.07, 6.45) is -3.67. The van der Waals surface area contributed by atoms with Crippen LogP contribution in [0.4, 0.5) is 23.8 Å². The molecule has 0 aliphatic carbocycles. The van der Waals surface area contributed by atoms with Gasteiger partial charge >= 0.3 is 12.5 Å². The van der Waals surface area contributed by atoms with E-state index >= 15 is 0 Å². The molecule has 1 unspecified atom stereocenters. The van der Waals surface area contributed by atoms with E-state index < -0.39 is 29.8 Å². The largest absolute Gasteiger partial charge is 0.573 e. The molecule has 0 aliphatic heterocycles. The predicted molar refractivity (Wildman–Crippen MR) is 129 cm³/mol. The van der Waals surface area contributed by atoms with Crippen molar-refractivity contribution in [2.75, 3.05) is 11.9 Å². The number of anilines is 1. The normalized spacial score (nSPS) is 12.6. The summed E-state index contributed by atoms with van der Waals surface area (Å²) in [6, 6.07) is 6.70. The fourth-order valence-corrected chi connectivity index (χ4v) is 3.27. The molecule has 0 radical (unpaired) electrons. The van der Waals surface area contributed by atoms with Gasteiger partial charge in [0.1, 0.15) is 18.0 Å². The molecule has 0 fully saturated rings. The maximum absolute atomic E-state index is 13.2. The zero-order valence-corrected chi connectivity index (χ0v) is 21.2. The molecule has 198 valence electrons. The highest BCUT2D eigenvalue weighted by molar-refractivity contribution is 5.88. The standard InChI is InChI=1S/C25H32F3N3O5/c1-15(2)11-19(31-23(33)36-24(4,5)6)14-34-20-8-7-17(12-21(20)35-25(26,27)28)18-9-10-29-22(13-18)30-16(3)32/h7-10,12-13,15,19H,11,14H2,1-6H3,(H,31,33)(H,29,30,32). The Morgan fingerprint density at radius 3 is 2.28 bits per heavy atom. The number of rotatable bonds is 9. The van der Waals surface area contributed by atoms with Crippen LogP contribution in [0.15, 0.2) is 36.5 Å². The highest BCUT2D eigenvalue weighted by atomic mass is 19.4. The molecule has 0 spiro atoms. The second-order valence-electron chi connectivity index (χ2n) is 9.60. The average Bonchev–Trinajstić information content (AvgIpc) is 2.69. The van der Waals surface area contributed by atoms with Crippen molar-refractivity contribution < 1.29 is 37.0 Å². The zero-order valence-electron chi connectivity index (χ0n) is 21.2. The molecule has 0 saturated carbocycles. The topological polar surface area (TPSA) is 98.8 Å². The van der Waals surface area contributed by atoms with Gasteiger partial charge in [0.15, 0.2) is 11.5 Å². The van der Waals surface area contributed by atoms with Crippen molar-refractivity contribution in [2.24, 2.45) is 5.92 Å². The van der Waals surface area contributed by atoms with E-state index in [1.807, 2.05) is 13.8 Å². The van der Waals surface area contributed by atoms with Gasteiger partial charge in [-0.3, -0.25) is 4.79 Å². The number of alkyl halides is 3. The third-order valence-corrected chi connectivity index (χ3v) is 4.48. The van der Waals surface area contributed by atoms with Gasteiger partial charge in [-0.05, 0) is 68.5 Å². The number of pyridine rings is 1. The summed E-state index contributed by atoms with van der Waals surface area (Å²) < 4.78 is 54.7. The van der Waals surface area contributed by atoms with Crippen molar-refractivity contribution in [1.29, 1.82) is 0 Å². The van der Waals surface area contributed by atoms with Gasteiger partial charge < -0.3 is 24.8 Å². The number of carbonyl (C=O) groups excluding carboxylic acids is 2. The first kappa shape index (κ1) is 28.7. The fraction of sp³-hybridized carbons (Fsp3) is 0.480. The number of nitrogens with one attached hydrogen (secondary N) is 2. The van der Waals surface area contributed by atoms with Crippen molar-refractivity contribution in [3.63, 3.8) is 0 Å². The SMILES string of the molecule is CC(=O)Nc1cc(-c2ccc(OCC(CC(C)C)NC(=O)OC(C)(C)C)c(OC(F)(F)F)c2)ccn1. The van der Waals surface area contributed by atoms with Crippen molar-refractivity contribution in [1.82, 2.24) is 10.3 Å². The maximum atomic E-state index is 13.2. The second-order valence-corrected chi connectivity index (χ2v) is 9.60. The summed E-state index contributed by atoms with van der Waals surface area (Å²) in [4.78, 5) is 27.5. The molecule has 1 aromatic carbocycles. The Hall–Kier alpha value is -3.50. The number of aromatic nitrogens is 1.